The van der Waals surface area contributed by atoms with E-state index in [1.165, 1.54) is 4.88 Å². The molecule has 15 heavy (non-hydrogen) atoms. The van der Waals surface area contributed by atoms with Crippen LogP contribution in [0.5, 0.6) is 0 Å². The van der Waals surface area contributed by atoms with Gasteiger partial charge in [-0.3, -0.25) is 4.74 Å². The van der Waals surface area contributed by atoms with E-state index < -0.39 is 6.36 Å². The summed E-state index contributed by atoms with van der Waals surface area (Å²) >= 11 is 1.63. The zero-order chi connectivity index (χ0) is 11.3. The molecule has 0 radical (unpaired) electrons. The summed E-state index contributed by atoms with van der Waals surface area (Å²) in [5.74, 6) is 0. The molecule has 86 valence electrons. The number of alkyl halides is 3. The van der Waals surface area contributed by atoms with Crippen molar-refractivity contribution >= 4 is 11.3 Å². The standard InChI is InChI=1S/C9H12F3NOS/c1-7-2-3-8(15-7)6-13-4-5-14-9(10,11)12/h2-3,13H,4-6H2,1H3. The average molecular weight is 239 g/mol. The fourth-order valence-corrected chi connectivity index (χ4v) is 1.89. The molecule has 0 unspecified atom stereocenters. The van der Waals surface area contributed by atoms with Crippen molar-refractivity contribution in [2.45, 2.75) is 19.8 Å². The van der Waals surface area contributed by atoms with E-state index in [1.54, 1.807) is 11.3 Å². The van der Waals surface area contributed by atoms with Gasteiger partial charge >= 0.3 is 6.36 Å². The van der Waals surface area contributed by atoms with E-state index in [0.29, 0.717) is 6.54 Å². The summed E-state index contributed by atoms with van der Waals surface area (Å²) in [5, 5.41) is 2.87. The molecule has 1 heterocycles. The van der Waals surface area contributed by atoms with Gasteiger partial charge in [-0.1, -0.05) is 0 Å². The van der Waals surface area contributed by atoms with E-state index in [-0.39, 0.29) is 13.2 Å². The third kappa shape index (κ3) is 5.76. The number of ether oxygens (including phenoxy) is 1. The van der Waals surface area contributed by atoms with Gasteiger partial charge in [0.15, 0.2) is 0 Å². The minimum atomic E-state index is -4.53. The van der Waals surface area contributed by atoms with Gasteiger partial charge in [-0.15, -0.1) is 24.5 Å². The first-order valence-corrected chi connectivity index (χ1v) is 5.26. The maximum atomic E-state index is 11.6. The van der Waals surface area contributed by atoms with Gasteiger partial charge in [-0.2, -0.15) is 0 Å². The van der Waals surface area contributed by atoms with Crippen LogP contribution in [0.25, 0.3) is 0 Å². The Morgan fingerprint density at radius 2 is 2.13 bits per heavy atom. The zero-order valence-electron chi connectivity index (χ0n) is 8.23. The van der Waals surface area contributed by atoms with Gasteiger partial charge in [0.25, 0.3) is 0 Å². The molecule has 2 nitrogen and oxygen atoms in total. The fourth-order valence-electron chi connectivity index (χ4n) is 1.03. The van der Waals surface area contributed by atoms with Crippen LogP contribution in [0.2, 0.25) is 0 Å². The maximum absolute atomic E-state index is 11.6. The van der Waals surface area contributed by atoms with E-state index in [9.17, 15) is 13.2 Å². The Bertz CT molecular complexity index is 298. The quantitative estimate of drug-likeness (QED) is 0.798. The Labute approximate surface area is 90.1 Å². The second kappa shape index (κ2) is 5.48. The van der Waals surface area contributed by atoms with E-state index in [2.05, 4.69) is 10.1 Å². The van der Waals surface area contributed by atoms with Crippen LogP contribution in [0.15, 0.2) is 12.1 Å². The number of halogens is 3. The molecule has 0 atom stereocenters. The predicted molar refractivity (Wildman–Crippen MR) is 52.8 cm³/mol. The number of nitrogens with one attached hydrogen (secondary N) is 1. The lowest BCUT2D eigenvalue weighted by Gasteiger charge is -2.07. The van der Waals surface area contributed by atoms with E-state index in [0.717, 1.165) is 4.88 Å². The molecule has 0 aromatic carbocycles. The molecule has 0 amide bonds. The summed E-state index contributed by atoms with van der Waals surface area (Å²) in [6, 6.07) is 3.94. The molecule has 1 rings (SSSR count). The topological polar surface area (TPSA) is 21.3 Å². The van der Waals surface area contributed by atoms with Crippen molar-refractivity contribution in [2.24, 2.45) is 0 Å². The zero-order valence-corrected chi connectivity index (χ0v) is 9.04. The average Bonchev–Trinajstić information content (AvgIpc) is 2.49. The van der Waals surface area contributed by atoms with E-state index in [1.807, 2.05) is 19.1 Å². The van der Waals surface area contributed by atoms with Crippen LogP contribution in [0.4, 0.5) is 13.2 Å². The summed E-state index contributed by atoms with van der Waals surface area (Å²) in [7, 11) is 0. The molecule has 1 N–H and O–H groups in total. The van der Waals surface area contributed by atoms with Crippen molar-refractivity contribution in [2.75, 3.05) is 13.2 Å². The van der Waals surface area contributed by atoms with Crippen LogP contribution in [-0.2, 0) is 11.3 Å². The Balaban J connectivity index is 2.07. The molecule has 6 heteroatoms. The SMILES string of the molecule is Cc1ccc(CNCCOC(F)(F)F)s1. The van der Waals surface area contributed by atoms with Crippen molar-refractivity contribution in [3.05, 3.63) is 21.9 Å². The number of hydrogen-bond acceptors (Lipinski definition) is 3. The lowest BCUT2D eigenvalue weighted by atomic mass is 10.4. The first-order valence-electron chi connectivity index (χ1n) is 4.44. The second-order valence-corrected chi connectivity index (χ2v) is 4.36. The van der Waals surface area contributed by atoms with Gasteiger partial charge in [0.1, 0.15) is 0 Å². The van der Waals surface area contributed by atoms with Crippen molar-refractivity contribution in [3.8, 4) is 0 Å². The highest BCUT2D eigenvalue weighted by Gasteiger charge is 2.28. The number of thiophene rings is 1. The minimum Gasteiger partial charge on any atom is -0.310 e. The summed E-state index contributed by atoms with van der Waals surface area (Å²) in [6.45, 7) is 2.41. The van der Waals surface area contributed by atoms with Gasteiger partial charge in [0.05, 0.1) is 6.61 Å². The van der Waals surface area contributed by atoms with E-state index >= 15 is 0 Å². The highest BCUT2D eigenvalue weighted by Crippen LogP contribution is 2.16. The van der Waals surface area contributed by atoms with Crippen LogP contribution >= 0.6 is 11.3 Å². The number of aryl methyl sites for hydroxylation is 1. The predicted octanol–water partition coefficient (Wildman–Crippen LogP) is 2.68. The monoisotopic (exact) mass is 239 g/mol. The Kier molecular flexibility index (Phi) is 4.56. The molecule has 0 saturated heterocycles. The maximum Gasteiger partial charge on any atom is 0.522 e. The van der Waals surface area contributed by atoms with Crippen LogP contribution < -0.4 is 5.32 Å². The summed E-state index contributed by atoms with van der Waals surface area (Å²) in [4.78, 5) is 2.30. The molecular weight excluding hydrogens is 227 g/mol. The highest BCUT2D eigenvalue weighted by molar-refractivity contribution is 7.11. The van der Waals surface area contributed by atoms with Crippen molar-refractivity contribution in [1.29, 1.82) is 0 Å². The van der Waals surface area contributed by atoms with Crippen LogP contribution in [0.1, 0.15) is 9.75 Å². The summed E-state index contributed by atoms with van der Waals surface area (Å²) in [6.07, 6.45) is -4.53. The molecule has 0 aliphatic rings. The minimum absolute atomic E-state index is 0.191. The summed E-state index contributed by atoms with van der Waals surface area (Å²) < 4.78 is 38.3. The van der Waals surface area contributed by atoms with Gasteiger partial charge in [0, 0.05) is 22.8 Å². The largest absolute Gasteiger partial charge is 0.522 e. The van der Waals surface area contributed by atoms with Crippen molar-refractivity contribution in [1.82, 2.24) is 5.32 Å². The molecule has 0 spiro atoms. The molecule has 1 aromatic rings. The van der Waals surface area contributed by atoms with Crippen molar-refractivity contribution in [3.63, 3.8) is 0 Å². The van der Waals surface area contributed by atoms with Crippen molar-refractivity contribution < 1.29 is 17.9 Å². The van der Waals surface area contributed by atoms with Crippen LogP contribution in [0.3, 0.4) is 0 Å². The molecular formula is C9H12F3NOS. The van der Waals surface area contributed by atoms with Crippen LogP contribution in [0, 0.1) is 6.92 Å². The lowest BCUT2D eigenvalue weighted by molar-refractivity contribution is -0.323. The molecule has 0 aliphatic carbocycles. The fraction of sp³-hybridized carbons (Fsp3) is 0.556. The van der Waals surface area contributed by atoms with Gasteiger partial charge < -0.3 is 5.32 Å². The van der Waals surface area contributed by atoms with Gasteiger partial charge in [-0.05, 0) is 19.1 Å². The molecule has 0 saturated carbocycles. The molecule has 1 aromatic heterocycles. The smallest absolute Gasteiger partial charge is 0.310 e. The Morgan fingerprint density at radius 1 is 1.40 bits per heavy atom. The second-order valence-electron chi connectivity index (χ2n) is 2.98. The molecule has 0 bridgehead atoms. The van der Waals surface area contributed by atoms with E-state index in [4.69, 9.17) is 0 Å². The van der Waals surface area contributed by atoms with Gasteiger partial charge in [0.2, 0.25) is 0 Å². The third-order valence-electron chi connectivity index (χ3n) is 1.64. The number of rotatable bonds is 5. The Hall–Kier alpha value is -0.590. The highest BCUT2D eigenvalue weighted by atomic mass is 32.1. The first-order chi connectivity index (χ1) is 6.97. The van der Waals surface area contributed by atoms with Gasteiger partial charge in [-0.25, -0.2) is 0 Å². The Morgan fingerprint density at radius 3 is 2.67 bits per heavy atom. The molecule has 0 fully saturated rings. The third-order valence-corrected chi connectivity index (χ3v) is 2.64. The normalized spacial score (nSPS) is 12.0. The molecule has 0 aliphatic heterocycles. The summed E-state index contributed by atoms with van der Waals surface area (Å²) in [5.41, 5.74) is 0. The van der Waals surface area contributed by atoms with Crippen LogP contribution in [-0.4, -0.2) is 19.5 Å². The first kappa shape index (κ1) is 12.5. The number of hydrogen-bond donors (Lipinski definition) is 1. The lowest BCUT2D eigenvalue weighted by Crippen LogP contribution is -2.23.